The molecule has 28 heavy (non-hydrogen) atoms. The minimum absolute atomic E-state index is 0.0465. The second-order valence-corrected chi connectivity index (χ2v) is 8.34. The molecule has 0 aliphatic heterocycles. The van der Waals surface area contributed by atoms with Gasteiger partial charge in [-0.25, -0.2) is 8.42 Å². The highest BCUT2D eigenvalue weighted by Crippen LogP contribution is 2.25. The number of amides is 2. The molecule has 0 bridgehead atoms. The van der Waals surface area contributed by atoms with Crippen LogP contribution in [-0.4, -0.2) is 32.8 Å². The molecular formula is C18H19Cl2N3O4S. The molecule has 3 N–H and O–H groups in total. The lowest BCUT2D eigenvalue weighted by Crippen LogP contribution is -2.44. The van der Waals surface area contributed by atoms with Crippen molar-refractivity contribution in [2.75, 3.05) is 11.3 Å². The normalized spacial score (nSPS) is 12.1. The molecule has 0 radical (unpaired) electrons. The molecule has 2 aromatic rings. The quantitative estimate of drug-likeness (QED) is 0.611. The number of nitrogens with one attached hydrogen (secondary N) is 3. The number of rotatable bonds is 7. The van der Waals surface area contributed by atoms with E-state index in [1.165, 1.54) is 43.3 Å². The van der Waals surface area contributed by atoms with Gasteiger partial charge in [0.25, 0.3) is 15.9 Å². The Morgan fingerprint density at radius 1 is 1.07 bits per heavy atom. The van der Waals surface area contributed by atoms with E-state index in [4.69, 9.17) is 23.2 Å². The van der Waals surface area contributed by atoms with Crippen LogP contribution in [0.3, 0.4) is 0 Å². The minimum atomic E-state index is -4.05. The Bertz CT molecular complexity index is 979. The summed E-state index contributed by atoms with van der Waals surface area (Å²) < 4.78 is 27.7. The fraction of sp³-hybridized carbons (Fsp3) is 0.222. The summed E-state index contributed by atoms with van der Waals surface area (Å²) in [6.45, 7) is 3.72. The number of likely N-dealkylation sites (N-methyl/N-ethyl adjacent to an activating group) is 1. The summed E-state index contributed by atoms with van der Waals surface area (Å²) in [4.78, 5) is 23.9. The van der Waals surface area contributed by atoms with E-state index >= 15 is 0 Å². The van der Waals surface area contributed by atoms with Gasteiger partial charge in [-0.3, -0.25) is 14.3 Å². The Morgan fingerprint density at radius 2 is 1.71 bits per heavy atom. The van der Waals surface area contributed by atoms with Crippen molar-refractivity contribution < 1.29 is 18.0 Å². The van der Waals surface area contributed by atoms with Crippen LogP contribution < -0.4 is 15.4 Å². The Morgan fingerprint density at radius 3 is 2.32 bits per heavy atom. The van der Waals surface area contributed by atoms with E-state index in [9.17, 15) is 18.0 Å². The third-order valence-corrected chi connectivity index (χ3v) is 5.79. The first-order chi connectivity index (χ1) is 13.1. The molecule has 2 amide bonds. The minimum Gasteiger partial charge on any atom is -0.355 e. The Hall–Kier alpha value is -2.29. The maximum absolute atomic E-state index is 12.7. The zero-order chi connectivity index (χ0) is 20.9. The van der Waals surface area contributed by atoms with E-state index in [1.807, 2.05) is 0 Å². The second-order valence-electron chi connectivity index (χ2n) is 5.85. The molecule has 0 spiro atoms. The first-order valence-corrected chi connectivity index (χ1v) is 10.5. The maximum atomic E-state index is 12.7. The van der Waals surface area contributed by atoms with Gasteiger partial charge < -0.3 is 10.6 Å². The third kappa shape index (κ3) is 5.60. The molecule has 0 fully saturated rings. The van der Waals surface area contributed by atoms with E-state index in [1.54, 1.807) is 6.92 Å². The van der Waals surface area contributed by atoms with Crippen LogP contribution >= 0.6 is 23.2 Å². The van der Waals surface area contributed by atoms with E-state index in [-0.39, 0.29) is 21.4 Å². The topological polar surface area (TPSA) is 104 Å². The molecule has 2 aromatic carbocycles. The molecule has 0 aliphatic carbocycles. The highest BCUT2D eigenvalue weighted by atomic mass is 35.5. The van der Waals surface area contributed by atoms with Gasteiger partial charge in [-0.15, -0.1) is 0 Å². The number of anilines is 1. The maximum Gasteiger partial charge on any atom is 0.263 e. The van der Waals surface area contributed by atoms with Crippen LogP contribution in [0.1, 0.15) is 24.2 Å². The van der Waals surface area contributed by atoms with Crippen LogP contribution in [0.5, 0.6) is 0 Å². The summed E-state index contributed by atoms with van der Waals surface area (Å²) in [7, 11) is -4.05. The van der Waals surface area contributed by atoms with E-state index in [2.05, 4.69) is 15.4 Å². The molecule has 0 heterocycles. The molecule has 0 aliphatic rings. The first-order valence-electron chi connectivity index (χ1n) is 8.30. The van der Waals surface area contributed by atoms with Gasteiger partial charge in [0, 0.05) is 22.8 Å². The van der Waals surface area contributed by atoms with Crippen LogP contribution in [-0.2, 0) is 14.8 Å². The summed E-state index contributed by atoms with van der Waals surface area (Å²) in [5.74, 6) is -0.944. The van der Waals surface area contributed by atoms with Gasteiger partial charge in [-0.05, 0) is 56.3 Å². The average molecular weight is 444 g/mol. The van der Waals surface area contributed by atoms with Crippen LogP contribution in [0, 0.1) is 0 Å². The van der Waals surface area contributed by atoms with Gasteiger partial charge >= 0.3 is 0 Å². The summed E-state index contributed by atoms with van der Waals surface area (Å²) in [6, 6.07) is 9.13. The van der Waals surface area contributed by atoms with Crippen molar-refractivity contribution in [3.63, 3.8) is 0 Å². The number of hydrogen-bond acceptors (Lipinski definition) is 4. The molecule has 2 rings (SSSR count). The predicted octanol–water partition coefficient (Wildman–Crippen LogP) is 3.05. The van der Waals surface area contributed by atoms with Crippen molar-refractivity contribution in [3.8, 4) is 0 Å². The summed E-state index contributed by atoms with van der Waals surface area (Å²) in [5, 5.41) is 5.51. The number of hydrogen-bond donors (Lipinski definition) is 3. The highest BCUT2D eigenvalue weighted by Gasteiger charge is 2.22. The summed E-state index contributed by atoms with van der Waals surface area (Å²) in [5.41, 5.74) is 0.345. The van der Waals surface area contributed by atoms with E-state index in [0.717, 1.165) is 6.07 Å². The Balaban J connectivity index is 2.25. The number of carbonyl (C=O) groups is 2. The number of carbonyl (C=O) groups excluding carboxylic acids is 2. The van der Waals surface area contributed by atoms with E-state index < -0.39 is 22.0 Å². The summed E-state index contributed by atoms with van der Waals surface area (Å²) >= 11 is 11.8. The first kappa shape index (κ1) is 22.0. The predicted molar refractivity (Wildman–Crippen MR) is 109 cm³/mol. The van der Waals surface area contributed by atoms with Crippen molar-refractivity contribution in [2.45, 2.75) is 24.8 Å². The van der Waals surface area contributed by atoms with Crippen LogP contribution in [0.15, 0.2) is 47.4 Å². The zero-order valence-electron chi connectivity index (χ0n) is 15.1. The van der Waals surface area contributed by atoms with Crippen LogP contribution in [0.25, 0.3) is 0 Å². The fourth-order valence-corrected chi connectivity index (χ4v) is 3.96. The van der Waals surface area contributed by atoms with Gasteiger partial charge in [-0.1, -0.05) is 23.2 Å². The van der Waals surface area contributed by atoms with Crippen LogP contribution in [0.2, 0.25) is 10.0 Å². The monoisotopic (exact) mass is 443 g/mol. The van der Waals surface area contributed by atoms with Crippen molar-refractivity contribution in [2.24, 2.45) is 0 Å². The molecule has 10 heteroatoms. The second kappa shape index (κ2) is 9.27. The Kier molecular flexibility index (Phi) is 7.29. The molecular weight excluding hydrogens is 425 g/mol. The average Bonchev–Trinajstić information content (AvgIpc) is 2.63. The van der Waals surface area contributed by atoms with Gasteiger partial charge in [0.1, 0.15) is 10.9 Å². The molecule has 150 valence electrons. The number of halogens is 2. The van der Waals surface area contributed by atoms with Gasteiger partial charge in [0.2, 0.25) is 5.91 Å². The Labute approximate surface area is 173 Å². The third-order valence-electron chi connectivity index (χ3n) is 3.67. The largest absolute Gasteiger partial charge is 0.355 e. The number of benzene rings is 2. The molecule has 1 unspecified atom stereocenters. The molecule has 7 nitrogen and oxygen atoms in total. The van der Waals surface area contributed by atoms with Crippen molar-refractivity contribution in [1.29, 1.82) is 0 Å². The highest BCUT2D eigenvalue weighted by molar-refractivity contribution is 7.92. The van der Waals surface area contributed by atoms with Gasteiger partial charge in [0.15, 0.2) is 0 Å². The van der Waals surface area contributed by atoms with Crippen molar-refractivity contribution in [3.05, 3.63) is 58.1 Å². The molecule has 0 saturated heterocycles. The van der Waals surface area contributed by atoms with E-state index in [0.29, 0.717) is 17.3 Å². The molecule has 0 aromatic heterocycles. The molecule has 0 saturated carbocycles. The zero-order valence-corrected chi connectivity index (χ0v) is 17.5. The van der Waals surface area contributed by atoms with Gasteiger partial charge in [0.05, 0.1) is 5.02 Å². The van der Waals surface area contributed by atoms with Crippen molar-refractivity contribution >= 4 is 50.7 Å². The number of sulfonamides is 1. The smallest absolute Gasteiger partial charge is 0.263 e. The molecule has 1 atom stereocenters. The lowest BCUT2D eigenvalue weighted by molar-refractivity contribution is -0.122. The standard InChI is InChI=1S/C18H19Cl2N3O4S/c1-3-21-17(24)11(2)22-18(25)12-4-9-15(20)16(10-12)28(26,27)23-14-7-5-13(19)6-8-14/h4-11,23H,3H2,1-2H3,(H,21,24)(H,22,25). The van der Waals surface area contributed by atoms with Gasteiger partial charge in [-0.2, -0.15) is 0 Å². The van der Waals surface area contributed by atoms with Crippen LogP contribution in [0.4, 0.5) is 5.69 Å². The lowest BCUT2D eigenvalue weighted by atomic mass is 10.2. The fourth-order valence-electron chi connectivity index (χ4n) is 2.25. The lowest BCUT2D eigenvalue weighted by Gasteiger charge is -2.14. The van der Waals surface area contributed by atoms with Crippen molar-refractivity contribution in [1.82, 2.24) is 10.6 Å². The summed E-state index contributed by atoms with van der Waals surface area (Å²) in [6.07, 6.45) is 0. The SMILES string of the molecule is CCNC(=O)C(C)NC(=O)c1ccc(Cl)c(S(=O)(=O)Nc2ccc(Cl)cc2)c1.